The van der Waals surface area contributed by atoms with Crippen LogP contribution in [0.1, 0.15) is 19.1 Å². The summed E-state index contributed by atoms with van der Waals surface area (Å²) in [5.41, 5.74) is 1.30. The summed E-state index contributed by atoms with van der Waals surface area (Å²) in [6, 6.07) is 19.2. The topological polar surface area (TPSA) is 75.0 Å². The molecular weight excluding hydrogens is 426 g/mol. The van der Waals surface area contributed by atoms with E-state index in [2.05, 4.69) is 5.32 Å². The number of amides is 2. The lowest BCUT2D eigenvalue weighted by atomic mass is 10.2. The SMILES string of the molecule is CCOc1ccc(N2C(=O)CC(N(Cc3ccco3)C(=S)Nc3ccccc3)C2=O)cc1. The number of carbonyl (C=O) groups excluding carboxylic acids is 2. The van der Waals surface area contributed by atoms with Gasteiger partial charge < -0.3 is 19.4 Å². The number of hydrogen-bond donors (Lipinski definition) is 1. The molecule has 32 heavy (non-hydrogen) atoms. The van der Waals surface area contributed by atoms with Crippen LogP contribution in [-0.4, -0.2) is 34.5 Å². The molecule has 1 aliphatic rings. The number of furan rings is 1. The fraction of sp³-hybridized carbons (Fsp3) is 0.208. The van der Waals surface area contributed by atoms with Crippen LogP contribution >= 0.6 is 12.2 Å². The fourth-order valence-electron chi connectivity index (χ4n) is 3.60. The maximum atomic E-state index is 13.4. The normalized spacial score (nSPS) is 15.7. The second kappa shape index (κ2) is 9.65. The number of hydrogen-bond acceptors (Lipinski definition) is 5. The summed E-state index contributed by atoms with van der Waals surface area (Å²) in [6.07, 6.45) is 1.58. The molecule has 0 saturated carbocycles. The number of para-hydroxylation sites is 1. The average molecular weight is 450 g/mol. The molecule has 7 nitrogen and oxygen atoms in total. The smallest absolute Gasteiger partial charge is 0.257 e. The predicted octanol–water partition coefficient (Wildman–Crippen LogP) is 4.21. The average Bonchev–Trinajstić information content (AvgIpc) is 3.41. The zero-order valence-corrected chi connectivity index (χ0v) is 18.4. The molecule has 8 heteroatoms. The van der Waals surface area contributed by atoms with Crippen molar-refractivity contribution in [3.05, 3.63) is 78.8 Å². The van der Waals surface area contributed by atoms with Crippen molar-refractivity contribution in [1.29, 1.82) is 0 Å². The highest BCUT2D eigenvalue weighted by Gasteiger charge is 2.44. The number of carbonyl (C=O) groups is 2. The largest absolute Gasteiger partial charge is 0.494 e. The van der Waals surface area contributed by atoms with Crippen LogP contribution in [0.2, 0.25) is 0 Å². The minimum Gasteiger partial charge on any atom is -0.494 e. The lowest BCUT2D eigenvalue weighted by Crippen LogP contribution is -2.46. The van der Waals surface area contributed by atoms with Crippen LogP contribution in [0.4, 0.5) is 11.4 Å². The Morgan fingerprint density at radius 1 is 1.12 bits per heavy atom. The molecular formula is C24H23N3O4S. The molecule has 1 unspecified atom stereocenters. The van der Waals surface area contributed by atoms with E-state index in [1.54, 1.807) is 41.5 Å². The Balaban J connectivity index is 1.58. The van der Waals surface area contributed by atoms with Gasteiger partial charge in [0, 0.05) is 5.69 Å². The van der Waals surface area contributed by atoms with E-state index in [0.717, 1.165) is 5.69 Å². The molecule has 4 rings (SSSR count). The van der Waals surface area contributed by atoms with Crippen LogP contribution in [0, 0.1) is 0 Å². The van der Waals surface area contributed by atoms with E-state index in [1.807, 2.05) is 43.3 Å². The molecule has 2 amide bonds. The van der Waals surface area contributed by atoms with Gasteiger partial charge in [-0.15, -0.1) is 0 Å². The Morgan fingerprint density at radius 2 is 1.88 bits per heavy atom. The molecule has 0 radical (unpaired) electrons. The summed E-state index contributed by atoms with van der Waals surface area (Å²) < 4.78 is 10.9. The first kappa shape index (κ1) is 21.6. The van der Waals surface area contributed by atoms with Gasteiger partial charge in [0.25, 0.3) is 5.91 Å². The summed E-state index contributed by atoms with van der Waals surface area (Å²) in [4.78, 5) is 29.1. The van der Waals surface area contributed by atoms with Crippen molar-refractivity contribution in [2.45, 2.75) is 25.9 Å². The van der Waals surface area contributed by atoms with E-state index in [-0.39, 0.29) is 24.8 Å². The zero-order valence-electron chi connectivity index (χ0n) is 17.6. The van der Waals surface area contributed by atoms with E-state index in [4.69, 9.17) is 21.4 Å². The maximum absolute atomic E-state index is 13.4. The van der Waals surface area contributed by atoms with Gasteiger partial charge in [0.15, 0.2) is 5.11 Å². The van der Waals surface area contributed by atoms with Crippen LogP contribution < -0.4 is 15.0 Å². The number of nitrogens with zero attached hydrogens (tertiary/aromatic N) is 2. The molecule has 1 aromatic heterocycles. The van der Waals surface area contributed by atoms with Gasteiger partial charge in [-0.2, -0.15) is 0 Å². The molecule has 0 aliphatic carbocycles. The Bertz CT molecular complexity index is 1080. The highest BCUT2D eigenvalue weighted by atomic mass is 32.1. The van der Waals surface area contributed by atoms with Crippen LogP contribution in [0.25, 0.3) is 0 Å². The summed E-state index contributed by atoms with van der Waals surface area (Å²) >= 11 is 5.63. The van der Waals surface area contributed by atoms with Crippen LogP contribution in [0.15, 0.2) is 77.4 Å². The molecule has 164 valence electrons. The summed E-state index contributed by atoms with van der Waals surface area (Å²) in [7, 11) is 0. The third kappa shape index (κ3) is 4.65. The Kier molecular flexibility index (Phi) is 6.51. The van der Waals surface area contributed by atoms with Crippen molar-refractivity contribution in [3.63, 3.8) is 0 Å². The van der Waals surface area contributed by atoms with Gasteiger partial charge >= 0.3 is 0 Å². The first-order chi connectivity index (χ1) is 15.6. The Labute approximate surface area is 191 Å². The van der Waals surface area contributed by atoms with Gasteiger partial charge in [-0.3, -0.25) is 9.59 Å². The number of anilines is 2. The van der Waals surface area contributed by atoms with Crippen molar-refractivity contribution in [3.8, 4) is 5.75 Å². The molecule has 1 aliphatic heterocycles. The van der Waals surface area contributed by atoms with Crippen molar-refractivity contribution >= 4 is 40.5 Å². The number of imide groups is 1. The highest BCUT2D eigenvalue weighted by molar-refractivity contribution is 7.80. The van der Waals surface area contributed by atoms with Gasteiger partial charge in [0.05, 0.1) is 31.5 Å². The number of ether oxygens (including phenoxy) is 1. The van der Waals surface area contributed by atoms with Gasteiger partial charge in [0.1, 0.15) is 17.6 Å². The zero-order chi connectivity index (χ0) is 22.5. The summed E-state index contributed by atoms with van der Waals surface area (Å²) in [6.45, 7) is 2.69. The lowest BCUT2D eigenvalue weighted by molar-refractivity contribution is -0.122. The van der Waals surface area contributed by atoms with E-state index >= 15 is 0 Å². The van der Waals surface area contributed by atoms with Crippen LogP contribution in [-0.2, 0) is 16.1 Å². The first-order valence-electron chi connectivity index (χ1n) is 10.3. The van der Waals surface area contributed by atoms with E-state index in [0.29, 0.717) is 28.9 Å². The molecule has 1 N–H and O–H groups in total. The van der Waals surface area contributed by atoms with E-state index in [1.165, 1.54) is 4.90 Å². The van der Waals surface area contributed by atoms with Crippen molar-refractivity contribution in [2.24, 2.45) is 0 Å². The monoisotopic (exact) mass is 449 g/mol. The van der Waals surface area contributed by atoms with Gasteiger partial charge in [-0.25, -0.2) is 4.90 Å². The Hall–Kier alpha value is -3.65. The predicted molar refractivity (Wildman–Crippen MR) is 125 cm³/mol. The van der Waals surface area contributed by atoms with E-state index in [9.17, 15) is 9.59 Å². The number of benzene rings is 2. The maximum Gasteiger partial charge on any atom is 0.257 e. The molecule has 0 bridgehead atoms. The fourth-order valence-corrected chi connectivity index (χ4v) is 3.91. The molecule has 1 atom stereocenters. The second-order valence-corrected chi connectivity index (χ2v) is 7.60. The van der Waals surface area contributed by atoms with Crippen molar-refractivity contribution in [2.75, 3.05) is 16.8 Å². The minimum absolute atomic E-state index is 0.0172. The number of rotatable bonds is 7. The standard InChI is InChI=1S/C24H23N3O4S/c1-2-30-19-12-10-18(11-13-19)27-22(28)15-21(23(27)29)26(16-20-9-6-14-31-20)24(32)25-17-7-4-3-5-8-17/h3-14,21H,2,15-16H2,1H3,(H,25,32). The lowest BCUT2D eigenvalue weighted by Gasteiger charge is -2.29. The quantitative estimate of drug-likeness (QED) is 0.428. The third-order valence-corrected chi connectivity index (χ3v) is 5.43. The highest BCUT2D eigenvalue weighted by Crippen LogP contribution is 2.29. The van der Waals surface area contributed by atoms with Gasteiger partial charge in [-0.05, 0) is 67.7 Å². The minimum atomic E-state index is -0.747. The molecule has 2 heterocycles. The number of nitrogens with one attached hydrogen (secondary N) is 1. The number of thiocarbonyl (C=S) groups is 1. The third-order valence-electron chi connectivity index (χ3n) is 5.10. The molecule has 0 spiro atoms. The van der Waals surface area contributed by atoms with E-state index < -0.39 is 6.04 Å². The first-order valence-corrected chi connectivity index (χ1v) is 10.7. The summed E-state index contributed by atoms with van der Waals surface area (Å²) in [5.74, 6) is 0.709. The second-order valence-electron chi connectivity index (χ2n) is 7.22. The molecule has 1 fully saturated rings. The van der Waals surface area contributed by atoms with Crippen LogP contribution in [0.5, 0.6) is 5.75 Å². The van der Waals surface area contributed by atoms with Gasteiger partial charge in [0.2, 0.25) is 5.91 Å². The van der Waals surface area contributed by atoms with Crippen LogP contribution in [0.3, 0.4) is 0 Å². The van der Waals surface area contributed by atoms with Gasteiger partial charge in [-0.1, -0.05) is 18.2 Å². The molecule has 1 saturated heterocycles. The Morgan fingerprint density at radius 3 is 2.53 bits per heavy atom. The van der Waals surface area contributed by atoms with Crippen molar-refractivity contribution in [1.82, 2.24) is 4.90 Å². The summed E-state index contributed by atoms with van der Waals surface area (Å²) in [5, 5.41) is 3.50. The van der Waals surface area contributed by atoms with Crippen molar-refractivity contribution < 1.29 is 18.7 Å². The molecule has 2 aromatic carbocycles. The molecule has 3 aromatic rings.